The molecule has 1 aliphatic heterocycles. The van der Waals surface area contributed by atoms with Crippen LogP contribution in [-0.2, 0) is 16.0 Å². The minimum absolute atomic E-state index is 0. The van der Waals surface area contributed by atoms with Gasteiger partial charge in [-0.15, -0.1) is 11.8 Å². The Morgan fingerprint density at radius 1 is 1.40 bits per heavy atom. The minimum Gasteiger partial charge on any atom is -0.550 e. The summed E-state index contributed by atoms with van der Waals surface area (Å²) in [5.74, 6) is 5.15. The molecule has 1 aliphatic carbocycles. The van der Waals surface area contributed by atoms with E-state index >= 15 is 0 Å². The Labute approximate surface area is 200 Å². The van der Waals surface area contributed by atoms with Crippen molar-refractivity contribution < 1.29 is 54.1 Å². The van der Waals surface area contributed by atoms with E-state index in [-0.39, 0.29) is 65.6 Å². The molecule has 3 rings (SSSR count). The van der Waals surface area contributed by atoms with Gasteiger partial charge in [-0.2, -0.15) is 0 Å². The third kappa shape index (κ3) is 5.56. The molecule has 5 atom stereocenters. The number of carboxylic acid groups (broad SMARTS) is 1. The molecule has 5 nitrogen and oxygen atoms in total. The van der Waals surface area contributed by atoms with Crippen LogP contribution in [-0.4, -0.2) is 29.1 Å². The van der Waals surface area contributed by atoms with Crippen molar-refractivity contribution in [3.63, 3.8) is 0 Å². The molecular weight excluding hydrogens is 391 g/mol. The van der Waals surface area contributed by atoms with E-state index in [9.17, 15) is 19.8 Å². The van der Waals surface area contributed by atoms with E-state index in [1.807, 2.05) is 31.2 Å². The summed E-state index contributed by atoms with van der Waals surface area (Å²) < 4.78 is 6.17. The van der Waals surface area contributed by atoms with Gasteiger partial charge >= 0.3 is 29.6 Å². The first kappa shape index (κ1) is 24.7. The maximum Gasteiger partial charge on any atom is 1.00 e. The molecule has 0 amide bonds. The first-order valence-corrected chi connectivity index (χ1v) is 10.2. The van der Waals surface area contributed by atoms with Gasteiger partial charge in [-0.3, -0.25) is 4.79 Å². The number of allylic oxidation sites excluding steroid dienone is 1. The predicted octanol–water partition coefficient (Wildman–Crippen LogP) is -0.837. The third-order valence-corrected chi connectivity index (χ3v) is 5.87. The van der Waals surface area contributed by atoms with E-state index in [4.69, 9.17) is 4.74 Å². The number of fused-ring (bicyclic) bond motifs is 3. The zero-order chi connectivity index (χ0) is 21.0. The van der Waals surface area contributed by atoms with Crippen LogP contribution in [0.1, 0.15) is 56.6 Å². The fourth-order valence-corrected chi connectivity index (χ4v) is 4.31. The number of para-hydroxylation sites is 1. The van der Waals surface area contributed by atoms with Gasteiger partial charge in [0, 0.05) is 42.1 Å². The summed E-state index contributed by atoms with van der Waals surface area (Å²) in [5, 5.41) is 21.2. The molecule has 1 N–H and O–H groups in total. The molecular formula is C24H27NaO5. The summed E-state index contributed by atoms with van der Waals surface area (Å²) >= 11 is 0. The largest absolute Gasteiger partial charge is 1.00 e. The monoisotopic (exact) mass is 418 g/mol. The SMILES string of the molecule is CC#CCC(C)C(=O)/C=C/[C@@H]1[C@H]2c3cccc(CCCC(=O)[O-])c3O[C@H]2C[C@H]1O.[Na+]. The topological polar surface area (TPSA) is 86.7 Å². The molecule has 1 aromatic carbocycles. The van der Waals surface area contributed by atoms with Crippen molar-refractivity contribution in [2.24, 2.45) is 11.8 Å². The number of benzene rings is 1. The zero-order valence-electron chi connectivity index (χ0n) is 17.9. The Balaban J connectivity index is 0.00000320. The fourth-order valence-electron chi connectivity index (χ4n) is 4.31. The van der Waals surface area contributed by atoms with Crippen LogP contribution in [0.15, 0.2) is 30.4 Å². The first-order valence-electron chi connectivity index (χ1n) is 10.2. The summed E-state index contributed by atoms with van der Waals surface area (Å²) in [6.45, 7) is 3.62. The minimum atomic E-state index is -1.05. The molecule has 1 unspecified atom stereocenters. The Kier molecular flexibility index (Phi) is 9.18. The number of aliphatic hydroxyl groups is 1. The molecule has 0 bridgehead atoms. The van der Waals surface area contributed by atoms with Crippen molar-refractivity contribution in [3.05, 3.63) is 41.5 Å². The van der Waals surface area contributed by atoms with Gasteiger partial charge in [0.1, 0.15) is 11.9 Å². The number of hydrogen-bond acceptors (Lipinski definition) is 5. The number of ketones is 1. The van der Waals surface area contributed by atoms with Gasteiger partial charge in [-0.25, -0.2) is 0 Å². The van der Waals surface area contributed by atoms with Crippen molar-refractivity contribution in [1.29, 1.82) is 0 Å². The van der Waals surface area contributed by atoms with E-state index in [0.717, 1.165) is 16.9 Å². The van der Waals surface area contributed by atoms with Crippen molar-refractivity contribution >= 4 is 11.8 Å². The zero-order valence-corrected chi connectivity index (χ0v) is 19.9. The maximum atomic E-state index is 12.4. The molecule has 0 saturated heterocycles. The molecule has 0 spiro atoms. The van der Waals surface area contributed by atoms with E-state index in [2.05, 4.69) is 11.8 Å². The molecule has 154 valence electrons. The van der Waals surface area contributed by atoms with Crippen molar-refractivity contribution in [1.82, 2.24) is 0 Å². The van der Waals surface area contributed by atoms with Gasteiger partial charge in [0.25, 0.3) is 0 Å². The number of aliphatic carboxylic acids is 1. The van der Waals surface area contributed by atoms with Gasteiger partial charge in [-0.1, -0.05) is 31.2 Å². The molecule has 2 aliphatic rings. The Bertz CT molecular complexity index is 866. The van der Waals surface area contributed by atoms with Crippen LogP contribution < -0.4 is 39.4 Å². The second-order valence-corrected chi connectivity index (χ2v) is 7.92. The van der Waals surface area contributed by atoms with Crippen molar-refractivity contribution in [2.75, 3.05) is 0 Å². The van der Waals surface area contributed by atoms with E-state index in [1.54, 1.807) is 13.0 Å². The van der Waals surface area contributed by atoms with Crippen LogP contribution in [0, 0.1) is 23.7 Å². The number of carbonyl (C=O) groups is 2. The Hall–Kier alpha value is -1.58. The normalized spacial score (nSPS) is 24.8. The quantitative estimate of drug-likeness (QED) is 0.338. The molecule has 30 heavy (non-hydrogen) atoms. The second-order valence-electron chi connectivity index (χ2n) is 7.92. The molecule has 6 heteroatoms. The van der Waals surface area contributed by atoms with Gasteiger partial charge in [0.05, 0.1) is 6.10 Å². The number of aliphatic hydroxyl groups excluding tert-OH is 1. The van der Waals surface area contributed by atoms with Crippen LogP contribution >= 0.6 is 0 Å². The predicted molar refractivity (Wildman–Crippen MR) is 107 cm³/mol. The Morgan fingerprint density at radius 3 is 2.87 bits per heavy atom. The Morgan fingerprint density at radius 2 is 2.17 bits per heavy atom. The standard InChI is InChI=1S/C24H28O5.Na/c1-3-4-7-15(2)19(25)13-12-17-20(26)14-21-23(17)18-10-5-8-16(24(18)29-21)9-6-11-22(27)28;/h5,8,10,12-13,15,17,20-21,23,26H,6-7,9,11,14H2,1-2H3,(H,27,28);/q;+1/p-1/b13-12+;/t15?,17-,20+,21-,23-;/m0./s1. The summed E-state index contributed by atoms with van der Waals surface area (Å²) in [6.07, 6.45) is 4.88. The molecule has 1 saturated carbocycles. The molecule has 1 fully saturated rings. The van der Waals surface area contributed by atoms with E-state index in [1.165, 1.54) is 0 Å². The van der Waals surface area contributed by atoms with Gasteiger partial charge < -0.3 is 19.7 Å². The fraction of sp³-hybridized carbons (Fsp3) is 0.500. The third-order valence-electron chi connectivity index (χ3n) is 5.87. The number of hydrogen-bond donors (Lipinski definition) is 1. The van der Waals surface area contributed by atoms with Crippen LogP contribution in [0.25, 0.3) is 0 Å². The maximum absolute atomic E-state index is 12.4. The number of carbonyl (C=O) groups excluding carboxylic acids is 2. The van der Waals surface area contributed by atoms with Gasteiger partial charge in [0.15, 0.2) is 5.78 Å². The average Bonchev–Trinajstić information content (AvgIpc) is 3.19. The van der Waals surface area contributed by atoms with Crippen molar-refractivity contribution in [2.45, 2.75) is 64.1 Å². The second kappa shape index (κ2) is 11.2. The summed E-state index contributed by atoms with van der Waals surface area (Å²) in [6, 6.07) is 5.90. The van der Waals surface area contributed by atoms with Crippen LogP contribution in [0.2, 0.25) is 0 Å². The number of rotatable bonds is 8. The van der Waals surface area contributed by atoms with Crippen LogP contribution in [0.3, 0.4) is 0 Å². The molecule has 1 heterocycles. The first-order chi connectivity index (χ1) is 13.9. The summed E-state index contributed by atoms with van der Waals surface area (Å²) in [4.78, 5) is 23.0. The van der Waals surface area contributed by atoms with E-state index in [0.29, 0.717) is 25.7 Å². The van der Waals surface area contributed by atoms with E-state index < -0.39 is 12.1 Å². The summed E-state index contributed by atoms with van der Waals surface area (Å²) in [5.41, 5.74) is 2.02. The van der Waals surface area contributed by atoms with Gasteiger partial charge in [0.2, 0.25) is 0 Å². The molecule has 0 aromatic heterocycles. The van der Waals surface area contributed by atoms with Crippen LogP contribution in [0.4, 0.5) is 0 Å². The van der Waals surface area contributed by atoms with Crippen molar-refractivity contribution in [3.8, 4) is 17.6 Å². The van der Waals surface area contributed by atoms with Gasteiger partial charge in [-0.05, 0) is 37.8 Å². The van der Waals surface area contributed by atoms with Crippen LogP contribution in [0.5, 0.6) is 5.75 Å². The number of aryl methyl sites for hydroxylation is 1. The molecule has 0 radical (unpaired) electrons. The molecule has 1 aromatic rings. The summed E-state index contributed by atoms with van der Waals surface area (Å²) in [7, 11) is 0. The number of ether oxygens (including phenoxy) is 1. The average molecular weight is 418 g/mol. The smallest absolute Gasteiger partial charge is 0.550 e. The number of carboxylic acids is 1.